The molecule has 2 aromatic heterocycles. The van der Waals surface area contributed by atoms with Gasteiger partial charge in [0.1, 0.15) is 0 Å². The van der Waals surface area contributed by atoms with Crippen molar-refractivity contribution in [2.45, 2.75) is 31.2 Å². The van der Waals surface area contributed by atoms with Crippen molar-refractivity contribution < 1.29 is 9.90 Å². The molecular formula is C13H14BrN3O2S. The standard InChI is InChI=1S/C13H14BrN3O2S/c1-3-17-10(12(14)8(2)16-17)7-20-11-6-9(13(18)19)4-5-15-11/h4-6H,3,7H2,1-2H3,(H,18,19). The second-order valence-electron chi connectivity index (χ2n) is 4.14. The highest BCUT2D eigenvalue weighted by atomic mass is 79.9. The zero-order chi connectivity index (χ0) is 14.7. The fourth-order valence-corrected chi connectivity index (χ4v) is 3.30. The van der Waals surface area contributed by atoms with E-state index in [2.05, 4.69) is 26.0 Å². The second kappa shape index (κ2) is 6.41. The van der Waals surface area contributed by atoms with Gasteiger partial charge >= 0.3 is 5.97 Å². The van der Waals surface area contributed by atoms with E-state index >= 15 is 0 Å². The predicted octanol–water partition coefficient (Wildman–Crippen LogP) is 3.36. The Bertz CT molecular complexity index is 643. The van der Waals surface area contributed by atoms with Gasteiger partial charge in [-0.15, -0.1) is 0 Å². The molecule has 0 unspecified atom stereocenters. The number of aromatic carboxylic acids is 1. The zero-order valence-corrected chi connectivity index (χ0v) is 13.5. The number of carboxylic acids is 1. The summed E-state index contributed by atoms with van der Waals surface area (Å²) in [6, 6.07) is 3.07. The number of thioether (sulfide) groups is 1. The van der Waals surface area contributed by atoms with Crippen LogP contribution in [0.2, 0.25) is 0 Å². The van der Waals surface area contributed by atoms with Crippen LogP contribution in [0.15, 0.2) is 27.8 Å². The maximum atomic E-state index is 10.9. The van der Waals surface area contributed by atoms with E-state index in [0.717, 1.165) is 22.4 Å². The maximum Gasteiger partial charge on any atom is 0.335 e. The lowest BCUT2D eigenvalue weighted by molar-refractivity contribution is 0.0696. The lowest BCUT2D eigenvalue weighted by Crippen LogP contribution is -2.02. The summed E-state index contributed by atoms with van der Waals surface area (Å²) in [7, 11) is 0. The average Bonchev–Trinajstić information content (AvgIpc) is 2.72. The molecule has 0 aliphatic heterocycles. The molecule has 0 amide bonds. The Morgan fingerprint density at radius 2 is 2.30 bits per heavy atom. The molecule has 0 spiro atoms. The first-order valence-corrected chi connectivity index (χ1v) is 7.84. The highest BCUT2D eigenvalue weighted by Gasteiger charge is 2.13. The second-order valence-corrected chi connectivity index (χ2v) is 5.93. The summed E-state index contributed by atoms with van der Waals surface area (Å²) in [5, 5.41) is 14.1. The first kappa shape index (κ1) is 15.1. The van der Waals surface area contributed by atoms with Gasteiger partial charge in [-0.05, 0) is 41.9 Å². The van der Waals surface area contributed by atoms with E-state index in [1.165, 1.54) is 24.0 Å². The first-order valence-electron chi connectivity index (χ1n) is 6.06. The van der Waals surface area contributed by atoms with Gasteiger partial charge in [0, 0.05) is 18.5 Å². The topological polar surface area (TPSA) is 68.0 Å². The Morgan fingerprint density at radius 1 is 1.55 bits per heavy atom. The molecule has 0 fully saturated rings. The van der Waals surface area contributed by atoms with Crippen molar-refractivity contribution in [2.24, 2.45) is 0 Å². The van der Waals surface area contributed by atoms with E-state index in [0.29, 0.717) is 10.8 Å². The third kappa shape index (κ3) is 3.21. The number of aromatic nitrogens is 3. The molecule has 0 radical (unpaired) electrons. The molecule has 0 atom stereocenters. The monoisotopic (exact) mass is 355 g/mol. The van der Waals surface area contributed by atoms with Gasteiger partial charge in [0.25, 0.3) is 0 Å². The van der Waals surface area contributed by atoms with E-state index in [4.69, 9.17) is 5.11 Å². The van der Waals surface area contributed by atoms with Crippen molar-refractivity contribution >= 4 is 33.7 Å². The minimum Gasteiger partial charge on any atom is -0.478 e. The summed E-state index contributed by atoms with van der Waals surface area (Å²) in [4.78, 5) is 15.1. The molecule has 106 valence electrons. The number of carboxylic acid groups (broad SMARTS) is 1. The third-order valence-electron chi connectivity index (χ3n) is 2.79. The van der Waals surface area contributed by atoms with Gasteiger partial charge in [0.15, 0.2) is 0 Å². The molecule has 0 saturated carbocycles. The van der Waals surface area contributed by atoms with E-state index in [9.17, 15) is 4.79 Å². The van der Waals surface area contributed by atoms with Crippen LogP contribution in [-0.2, 0) is 12.3 Å². The molecule has 2 rings (SSSR count). The average molecular weight is 356 g/mol. The molecule has 0 aliphatic rings. The molecule has 0 saturated heterocycles. The Labute approximate surface area is 129 Å². The number of hydrogen-bond donors (Lipinski definition) is 1. The van der Waals surface area contributed by atoms with Crippen LogP contribution in [0, 0.1) is 6.92 Å². The largest absolute Gasteiger partial charge is 0.478 e. The molecule has 0 aromatic carbocycles. The Hall–Kier alpha value is -1.34. The summed E-state index contributed by atoms with van der Waals surface area (Å²) in [6.07, 6.45) is 1.52. The molecule has 5 nitrogen and oxygen atoms in total. The van der Waals surface area contributed by atoms with Crippen molar-refractivity contribution in [1.82, 2.24) is 14.8 Å². The van der Waals surface area contributed by atoms with Crippen LogP contribution in [0.25, 0.3) is 0 Å². The van der Waals surface area contributed by atoms with E-state index in [-0.39, 0.29) is 5.56 Å². The van der Waals surface area contributed by atoms with Gasteiger partial charge in [-0.2, -0.15) is 5.10 Å². The molecule has 2 aromatic rings. The molecule has 1 N–H and O–H groups in total. The normalized spacial score (nSPS) is 10.8. The van der Waals surface area contributed by atoms with Gasteiger partial charge in [0.05, 0.1) is 26.4 Å². The lowest BCUT2D eigenvalue weighted by Gasteiger charge is -2.05. The number of carbonyl (C=O) groups is 1. The molecule has 0 aliphatic carbocycles. The van der Waals surface area contributed by atoms with Crippen LogP contribution in [-0.4, -0.2) is 25.8 Å². The van der Waals surface area contributed by atoms with Gasteiger partial charge in [-0.3, -0.25) is 4.68 Å². The molecule has 2 heterocycles. The van der Waals surface area contributed by atoms with Gasteiger partial charge in [-0.1, -0.05) is 11.8 Å². The number of halogens is 1. The number of hydrogen-bond acceptors (Lipinski definition) is 4. The van der Waals surface area contributed by atoms with Crippen molar-refractivity contribution in [2.75, 3.05) is 0 Å². The Balaban J connectivity index is 2.16. The molecule has 7 heteroatoms. The third-order valence-corrected chi connectivity index (χ3v) is 4.76. The minimum absolute atomic E-state index is 0.252. The van der Waals surface area contributed by atoms with Gasteiger partial charge in [0.2, 0.25) is 0 Å². The molecule has 20 heavy (non-hydrogen) atoms. The summed E-state index contributed by atoms with van der Waals surface area (Å²) in [5.74, 6) is -0.254. The summed E-state index contributed by atoms with van der Waals surface area (Å²) in [6.45, 7) is 4.79. The Kier molecular flexibility index (Phi) is 4.82. The maximum absolute atomic E-state index is 10.9. The van der Waals surface area contributed by atoms with Crippen molar-refractivity contribution in [3.63, 3.8) is 0 Å². The molecule has 0 bridgehead atoms. The van der Waals surface area contributed by atoms with Crippen LogP contribution in [0.5, 0.6) is 0 Å². The summed E-state index contributed by atoms with van der Waals surface area (Å²) in [5.41, 5.74) is 2.29. The van der Waals surface area contributed by atoms with E-state index in [1.54, 1.807) is 6.07 Å². The summed E-state index contributed by atoms with van der Waals surface area (Å²) >= 11 is 5.04. The highest BCUT2D eigenvalue weighted by Crippen LogP contribution is 2.28. The fourth-order valence-electron chi connectivity index (χ4n) is 1.77. The zero-order valence-electron chi connectivity index (χ0n) is 11.1. The fraction of sp³-hybridized carbons (Fsp3) is 0.308. The van der Waals surface area contributed by atoms with Crippen LogP contribution < -0.4 is 0 Å². The SMILES string of the molecule is CCn1nc(C)c(Br)c1CSc1cc(C(=O)O)ccn1. The first-order chi connectivity index (χ1) is 9.52. The van der Waals surface area contributed by atoms with Crippen LogP contribution >= 0.6 is 27.7 Å². The highest BCUT2D eigenvalue weighted by molar-refractivity contribution is 9.10. The van der Waals surface area contributed by atoms with Gasteiger partial charge in [-0.25, -0.2) is 9.78 Å². The van der Waals surface area contributed by atoms with E-state index in [1.807, 2.05) is 18.5 Å². The smallest absolute Gasteiger partial charge is 0.335 e. The van der Waals surface area contributed by atoms with Crippen LogP contribution in [0.4, 0.5) is 0 Å². The number of nitrogens with zero attached hydrogens (tertiary/aromatic N) is 3. The number of rotatable bonds is 5. The number of aryl methyl sites for hydroxylation is 2. The summed E-state index contributed by atoms with van der Waals surface area (Å²) < 4.78 is 2.94. The van der Waals surface area contributed by atoms with Crippen molar-refractivity contribution in [3.8, 4) is 0 Å². The number of pyridine rings is 1. The van der Waals surface area contributed by atoms with E-state index < -0.39 is 5.97 Å². The predicted molar refractivity (Wildman–Crippen MR) is 81.1 cm³/mol. The quantitative estimate of drug-likeness (QED) is 0.832. The van der Waals surface area contributed by atoms with Gasteiger partial charge < -0.3 is 5.11 Å². The van der Waals surface area contributed by atoms with Crippen molar-refractivity contribution in [1.29, 1.82) is 0 Å². The van der Waals surface area contributed by atoms with Crippen LogP contribution in [0.1, 0.15) is 28.7 Å². The van der Waals surface area contributed by atoms with Crippen molar-refractivity contribution in [3.05, 3.63) is 39.8 Å². The molecular weight excluding hydrogens is 342 g/mol. The Morgan fingerprint density at radius 3 is 2.95 bits per heavy atom. The lowest BCUT2D eigenvalue weighted by atomic mass is 10.3. The van der Waals surface area contributed by atoms with Crippen LogP contribution in [0.3, 0.4) is 0 Å². The minimum atomic E-state index is -0.940.